The molecule has 1 rings (SSSR count). The molecule has 0 saturated heterocycles. The van der Waals surface area contributed by atoms with Crippen LogP contribution < -0.4 is 5.32 Å². The Morgan fingerprint density at radius 3 is 2.59 bits per heavy atom. The molecule has 17 heavy (non-hydrogen) atoms. The van der Waals surface area contributed by atoms with Gasteiger partial charge in [0.25, 0.3) is 5.91 Å². The first-order chi connectivity index (χ1) is 7.97. The topological polar surface area (TPSA) is 107 Å². The number of nitrogens with one attached hydrogen (secondary N) is 1. The van der Waals surface area contributed by atoms with Crippen molar-refractivity contribution >= 4 is 17.8 Å². The Balaban J connectivity index is 2.48. The fourth-order valence-electron chi connectivity index (χ4n) is 1.52. The van der Waals surface area contributed by atoms with Gasteiger partial charge in [0.05, 0.1) is 6.54 Å². The van der Waals surface area contributed by atoms with Crippen LogP contribution in [-0.2, 0) is 14.4 Å². The van der Waals surface area contributed by atoms with Crippen molar-refractivity contribution in [2.24, 2.45) is 0 Å². The molecule has 0 aliphatic carbocycles. The number of aliphatic hydroxyl groups is 1. The predicted molar refractivity (Wildman–Crippen MR) is 57.2 cm³/mol. The summed E-state index contributed by atoms with van der Waals surface area (Å²) >= 11 is 0. The summed E-state index contributed by atoms with van der Waals surface area (Å²) < 4.78 is 0. The standard InChI is InChI=1S/C10H14N2O5/c1-11-7(13)3-2-4-12-5-6(10(16)17)8(14)9(12)15/h14H,2-5H2,1H3,(H,11,13)(H,16,17). The Bertz CT molecular complexity index is 388. The highest BCUT2D eigenvalue weighted by Crippen LogP contribution is 2.17. The minimum Gasteiger partial charge on any atom is -0.503 e. The second kappa shape index (κ2) is 5.33. The molecule has 0 bridgehead atoms. The number of hydrogen-bond acceptors (Lipinski definition) is 4. The molecule has 0 aromatic carbocycles. The molecule has 0 saturated carbocycles. The number of nitrogens with zero attached hydrogens (tertiary/aromatic N) is 1. The van der Waals surface area contributed by atoms with Crippen LogP contribution in [0.25, 0.3) is 0 Å². The van der Waals surface area contributed by atoms with Crippen LogP contribution in [0.2, 0.25) is 0 Å². The molecule has 7 heteroatoms. The fourth-order valence-corrected chi connectivity index (χ4v) is 1.52. The number of carbonyl (C=O) groups excluding carboxylic acids is 2. The van der Waals surface area contributed by atoms with Crippen LogP contribution in [0.1, 0.15) is 12.8 Å². The van der Waals surface area contributed by atoms with Crippen LogP contribution in [0.15, 0.2) is 11.3 Å². The summed E-state index contributed by atoms with van der Waals surface area (Å²) in [6, 6.07) is 0. The molecule has 2 amide bonds. The van der Waals surface area contributed by atoms with Crippen molar-refractivity contribution in [2.75, 3.05) is 20.1 Å². The van der Waals surface area contributed by atoms with Crippen LogP contribution in [0.4, 0.5) is 0 Å². The van der Waals surface area contributed by atoms with Gasteiger partial charge < -0.3 is 20.4 Å². The maximum absolute atomic E-state index is 11.4. The highest BCUT2D eigenvalue weighted by molar-refractivity contribution is 6.04. The lowest BCUT2D eigenvalue weighted by Crippen LogP contribution is -2.29. The number of amides is 2. The van der Waals surface area contributed by atoms with Crippen LogP contribution in [-0.4, -0.2) is 53.0 Å². The van der Waals surface area contributed by atoms with Gasteiger partial charge in [0.2, 0.25) is 5.91 Å². The molecule has 94 valence electrons. The van der Waals surface area contributed by atoms with E-state index in [2.05, 4.69) is 5.32 Å². The Labute approximate surface area is 97.7 Å². The van der Waals surface area contributed by atoms with E-state index in [9.17, 15) is 19.5 Å². The summed E-state index contributed by atoms with van der Waals surface area (Å²) in [4.78, 5) is 34.2. The molecule has 0 fully saturated rings. The first-order valence-electron chi connectivity index (χ1n) is 5.12. The number of carbonyl (C=O) groups is 3. The molecule has 0 unspecified atom stereocenters. The first-order valence-corrected chi connectivity index (χ1v) is 5.12. The Hall–Kier alpha value is -2.05. The second-order valence-electron chi connectivity index (χ2n) is 3.64. The minimum atomic E-state index is -1.30. The van der Waals surface area contributed by atoms with E-state index >= 15 is 0 Å². The molecule has 0 aromatic rings. The van der Waals surface area contributed by atoms with E-state index in [0.717, 1.165) is 0 Å². The number of hydrogen-bond donors (Lipinski definition) is 3. The van der Waals surface area contributed by atoms with Gasteiger partial charge in [-0.1, -0.05) is 0 Å². The van der Waals surface area contributed by atoms with Gasteiger partial charge >= 0.3 is 5.97 Å². The zero-order valence-corrected chi connectivity index (χ0v) is 9.39. The van der Waals surface area contributed by atoms with Crippen LogP contribution >= 0.6 is 0 Å². The Morgan fingerprint density at radius 2 is 2.12 bits per heavy atom. The molecule has 0 atom stereocenters. The molecule has 0 aromatic heterocycles. The van der Waals surface area contributed by atoms with Crippen LogP contribution in [0.3, 0.4) is 0 Å². The normalized spacial score (nSPS) is 15.4. The number of aliphatic hydroxyl groups excluding tert-OH is 1. The summed E-state index contributed by atoms with van der Waals surface area (Å²) in [6.45, 7) is 0.126. The SMILES string of the molecule is CNC(=O)CCCN1CC(C(=O)O)=C(O)C1=O. The third-order valence-electron chi connectivity index (χ3n) is 2.49. The smallest absolute Gasteiger partial charge is 0.337 e. The predicted octanol–water partition coefficient (Wildman–Crippen LogP) is -0.748. The lowest BCUT2D eigenvalue weighted by atomic mass is 10.2. The molecule has 1 aliphatic heterocycles. The monoisotopic (exact) mass is 242 g/mol. The van der Waals surface area contributed by atoms with Crippen molar-refractivity contribution in [3.8, 4) is 0 Å². The van der Waals surface area contributed by atoms with E-state index in [4.69, 9.17) is 5.11 Å². The summed E-state index contributed by atoms with van der Waals surface area (Å²) in [5, 5.41) is 20.4. The average Bonchev–Trinajstić information content (AvgIpc) is 2.57. The van der Waals surface area contributed by atoms with Gasteiger partial charge in [-0.25, -0.2) is 4.79 Å². The maximum atomic E-state index is 11.4. The molecule has 7 nitrogen and oxygen atoms in total. The zero-order chi connectivity index (χ0) is 13.0. The molecular formula is C10H14N2O5. The number of aliphatic carboxylic acids is 1. The van der Waals surface area contributed by atoms with Crippen molar-refractivity contribution in [3.05, 3.63) is 11.3 Å². The summed E-state index contributed by atoms with van der Waals surface area (Å²) in [5.41, 5.74) is -0.296. The van der Waals surface area contributed by atoms with E-state index in [1.54, 1.807) is 0 Å². The van der Waals surface area contributed by atoms with Crippen LogP contribution in [0, 0.1) is 0 Å². The van der Waals surface area contributed by atoms with Crippen molar-refractivity contribution in [1.82, 2.24) is 10.2 Å². The minimum absolute atomic E-state index is 0.117. The van der Waals surface area contributed by atoms with E-state index in [-0.39, 0.29) is 31.0 Å². The van der Waals surface area contributed by atoms with Crippen molar-refractivity contribution in [2.45, 2.75) is 12.8 Å². The van der Waals surface area contributed by atoms with Gasteiger partial charge in [-0.15, -0.1) is 0 Å². The number of carboxylic acids is 1. The van der Waals surface area contributed by atoms with Gasteiger partial charge in [-0.05, 0) is 6.42 Å². The highest BCUT2D eigenvalue weighted by Gasteiger charge is 2.33. The molecule has 1 aliphatic rings. The number of carboxylic acid groups (broad SMARTS) is 1. The van der Waals surface area contributed by atoms with Crippen LogP contribution in [0.5, 0.6) is 0 Å². The van der Waals surface area contributed by atoms with Gasteiger partial charge in [-0.2, -0.15) is 0 Å². The largest absolute Gasteiger partial charge is 0.503 e. The lowest BCUT2D eigenvalue weighted by molar-refractivity contribution is -0.133. The van der Waals surface area contributed by atoms with Gasteiger partial charge in [-0.3, -0.25) is 9.59 Å². The second-order valence-corrected chi connectivity index (χ2v) is 3.64. The van der Waals surface area contributed by atoms with Gasteiger partial charge in [0, 0.05) is 20.0 Å². The molecule has 0 radical (unpaired) electrons. The molecule has 1 heterocycles. The quantitative estimate of drug-likeness (QED) is 0.588. The zero-order valence-electron chi connectivity index (χ0n) is 9.39. The van der Waals surface area contributed by atoms with Crippen molar-refractivity contribution < 1.29 is 24.6 Å². The van der Waals surface area contributed by atoms with E-state index in [0.29, 0.717) is 6.42 Å². The summed E-state index contributed by atoms with van der Waals surface area (Å²) in [6.07, 6.45) is 0.676. The molecular weight excluding hydrogens is 228 g/mol. The highest BCUT2D eigenvalue weighted by atomic mass is 16.4. The summed E-state index contributed by atoms with van der Waals surface area (Å²) in [7, 11) is 1.51. The Morgan fingerprint density at radius 1 is 1.47 bits per heavy atom. The maximum Gasteiger partial charge on any atom is 0.337 e. The van der Waals surface area contributed by atoms with E-state index in [1.165, 1.54) is 11.9 Å². The number of rotatable bonds is 5. The van der Waals surface area contributed by atoms with E-state index in [1.807, 2.05) is 0 Å². The molecule has 0 spiro atoms. The third-order valence-corrected chi connectivity index (χ3v) is 2.49. The summed E-state index contributed by atoms with van der Waals surface area (Å²) in [5.74, 6) is -2.85. The average molecular weight is 242 g/mol. The van der Waals surface area contributed by atoms with Gasteiger partial charge in [0.1, 0.15) is 5.57 Å². The van der Waals surface area contributed by atoms with Crippen molar-refractivity contribution in [1.29, 1.82) is 0 Å². The van der Waals surface area contributed by atoms with Crippen molar-refractivity contribution in [3.63, 3.8) is 0 Å². The first kappa shape index (κ1) is 13.0. The van der Waals surface area contributed by atoms with Gasteiger partial charge in [0.15, 0.2) is 5.76 Å². The third kappa shape index (κ3) is 2.96. The Kier molecular flexibility index (Phi) is 4.08. The lowest BCUT2D eigenvalue weighted by Gasteiger charge is -2.15. The molecule has 3 N–H and O–H groups in total. The fraction of sp³-hybridized carbons (Fsp3) is 0.500. The van der Waals surface area contributed by atoms with E-state index < -0.39 is 17.6 Å².